The van der Waals surface area contributed by atoms with Crippen molar-refractivity contribution in [2.24, 2.45) is 0 Å². The van der Waals surface area contributed by atoms with Crippen molar-refractivity contribution in [3.8, 4) is 11.1 Å². The third-order valence-electron chi connectivity index (χ3n) is 7.94. The van der Waals surface area contributed by atoms with E-state index < -0.39 is 6.04 Å². The molecular formula is C30H34N6O2. The number of carbonyl (C=O) groups is 2. The highest BCUT2D eigenvalue weighted by molar-refractivity contribution is 5.97. The number of rotatable bonds is 6. The molecule has 6 rings (SSSR count). The molecule has 1 unspecified atom stereocenters. The van der Waals surface area contributed by atoms with E-state index in [-0.39, 0.29) is 17.9 Å². The summed E-state index contributed by atoms with van der Waals surface area (Å²) in [7, 11) is 0. The quantitative estimate of drug-likeness (QED) is 0.459. The second kappa shape index (κ2) is 10.9. The van der Waals surface area contributed by atoms with Gasteiger partial charge in [0.1, 0.15) is 11.7 Å². The SMILES string of the molecule is O=C(NC1CCCC1)c1ccc(NC(=O)C2NCCc3ccc(-c4cncc(N5CCCC5)c4)cc32)cn1. The minimum absolute atomic E-state index is 0.142. The first-order valence-corrected chi connectivity index (χ1v) is 13.8. The number of nitrogens with zero attached hydrogens (tertiary/aromatic N) is 3. The number of hydrogen-bond donors (Lipinski definition) is 3. The lowest BCUT2D eigenvalue weighted by atomic mass is 9.90. The lowest BCUT2D eigenvalue weighted by molar-refractivity contribution is -0.118. The molecule has 3 aromatic rings. The molecule has 3 aliphatic rings. The van der Waals surface area contributed by atoms with Crippen LogP contribution in [0.5, 0.6) is 0 Å². The zero-order valence-electron chi connectivity index (χ0n) is 21.6. The molecule has 1 saturated heterocycles. The van der Waals surface area contributed by atoms with E-state index in [0.29, 0.717) is 11.4 Å². The monoisotopic (exact) mass is 510 g/mol. The number of anilines is 2. The number of benzene rings is 1. The summed E-state index contributed by atoms with van der Waals surface area (Å²) in [5.41, 5.74) is 6.35. The number of aromatic nitrogens is 2. The fraction of sp³-hybridized carbons (Fsp3) is 0.400. The Morgan fingerprint density at radius 3 is 2.55 bits per heavy atom. The predicted octanol–water partition coefficient (Wildman–Crippen LogP) is 4.24. The summed E-state index contributed by atoms with van der Waals surface area (Å²) in [6, 6.07) is 11.7. The van der Waals surface area contributed by atoms with Crippen molar-refractivity contribution in [3.63, 3.8) is 0 Å². The number of carbonyl (C=O) groups excluding carboxylic acids is 2. The Bertz CT molecular complexity index is 1310. The number of amides is 2. The molecule has 0 radical (unpaired) electrons. The molecule has 1 aliphatic carbocycles. The second-order valence-electron chi connectivity index (χ2n) is 10.6. The van der Waals surface area contributed by atoms with Gasteiger partial charge in [0.15, 0.2) is 0 Å². The summed E-state index contributed by atoms with van der Waals surface area (Å²) >= 11 is 0. The van der Waals surface area contributed by atoms with Gasteiger partial charge in [-0.3, -0.25) is 14.6 Å². The first-order valence-electron chi connectivity index (χ1n) is 13.8. The van der Waals surface area contributed by atoms with Crippen LogP contribution < -0.4 is 20.9 Å². The summed E-state index contributed by atoms with van der Waals surface area (Å²) < 4.78 is 0. The highest BCUT2D eigenvalue weighted by Crippen LogP contribution is 2.31. The minimum Gasteiger partial charge on any atom is -0.370 e. The van der Waals surface area contributed by atoms with Gasteiger partial charge in [-0.25, -0.2) is 4.98 Å². The smallest absolute Gasteiger partial charge is 0.270 e. The van der Waals surface area contributed by atoms with Gasteiger partial charge in [-0.15, -0.1) is 0 Å². The van der Waals surface area contributed by atoms with Gasteiger partial charge in [0.05, 0.1) is 23.8 Å². The van der Waals surface area contributed by atoms with Crippen LogP contribution >= 0.6 is 0 Å². The number of pyridine rings is 2. The van der Waals surface area contributed by atoms with Gasteiger partial charge in [-0.1, -0.05) is 25.0 Å². The fourth-order valence-electron chi connectivity index (χ4n) is 5.85. The zero-order chi connectivity index (χ0) is 25.9. The third-order valence-corrected chi connectivity index (χ3v) is 7.94. The normalized spacial score (nSPS) is 19.3. The molecule has 196 valence electrons. The van der Waals surface area contributed by atoms with Crippen LogP contribution in [0.25, 0.3) is 11.1 Å². The Morgan fingerprint density at radius 2 is 1.76 bits per heavy atom. The van der Waals surface area contributed by atoms with E-state index in [1.165, 1.54) is 18.4 Å². The van der Waals surface area contributed by atoms with E-state index in [2.05, 4.69) is 55.1 Å². The summed E-state index contributed by atoms with van der Waals surface area (Å²) in [5.74, 6) is -0.300. The van der Waals surface area contributed by atoms with Crippen molar-refractivity contribution < 1.29 is 9.59 Å². The summed E-state index contributed by atoms with van der Waals surface area (Å²) in [6.45, 7) is 2.87. The topological polar surface area (TPSA) is 99.2 Å². The van der Waals surface area contributed by atoms with Crippen LogP contribution in [0, 0.1) is 0 Å². The third kappa shape index (κ3) is 5.27. The van der Waals surface area contributed by atoms with E-state index in [1.807, 2.05) is 12.4 Å². The zero-order valence-corrected chi connectivity index (χ0v) is 21.6. The fourth-order valence-corrected chi connectivity index (χ4v) is 5.85. The van der Waals surface area contributed by atoms with E-state index in [1.54, 1.807) is 18.3 Å². The maximum Gasteiger partial charge on any atom is 0.270 e. The van der Waals surface area contributed by atoms with Gasteiger partial charge in [0, 0.05) is 37.4 Å². The number of nitrogens with one attached hydrogen (secondary N) is 3. The average Bonchev–Trinajstić information content (AvgIpc) is 3.68. The molecule has 3 N–H and O–H groups in total. The molecule has 2 amide bonds. The van der Waals surface area contributed by atoms with Crippen LogP contribution in [0.2, 0.25) is 0 Å². The van der Waals surface area contributed by atoms with Crippen molar-refractivity contribution in [3.05, 3.63) is 71.8 Å². The number of hydrogen-bond acceptors (Lipinski definition) is 6. The van der Waals surface area contributed by atoms with Crippen LogP contribution in [-0.2, 0) is 11.2 Å². The molecule has 0 spiro atoms. The molecule has 1 atom stereocenters. The highest BCUT2D eigenvalue weighted by Gasteiger charge is 2.27. The van der Waals surface area contributed by atoms with Crippen molar-refractivity contribution in [1.82, 2.24) is 20.6 Å². The molecule has 8 heteroatoms. The van der Waals surface area contributed by atoms with Crippen LogP contribution in [0.3, 0.4) is 0 Å². The first-order chi connectivity index (χ1) is 18.6. The Labute approximate surface area is 223 Å². The highest BCUT2D eigenvalue weighted by atomic mass is 16.2. The second-order valence-corrected chi connectivity index (χ2v) is 10.6. The Kier molecular flexibility index (Phi) is 7.05. The van der Waals surface area contributed by atoms with Crippen LogP contribution in [0.1, 0.15) is 66.2 Å². The van der Waals surface area contributed by atoms with E-state index in [0.717, 1.165) is 74.1 Å². The Hall–Kier alpha value is -3.78. The molecule has 1 aromatic carbocycles. The average molecular weight is 511 g/mol. The van der Waals surface area contributed by atoms with E-state index >= 15 is 0 Å². The molecule has 8 nitrogen and oxygen atoms in total. The Balaban J connectivity index is 1.17. The standard InChI is InChI=1S/C30H34N6O2/c37-29(34-23-5-1-2-6-23)27-10-9-24(18-33-27)35-30(38)28-26-16-21(8-7-20(26)11-12-32-28)22-15-25(19-31-17-22)36-13-3-4-14-36/h7-10,15-19,23,28,32H,1-6,11-14H2,(H,34,37)(H,35,38). The molecule has 2 aromatic heterocycles. The first kappa shape index (κ1) is 24.6. The maximum atomic E-state index is 13.4. The van der Waals surface area contributed by atoms with Gasteiger partial charge in [0.2, 0.25) is 5.91 Å². The van der Waals surface area contributed by atoms with Gasteiger partial charge in [-0.2, -0.15) is 0 Å². The largest absolute Gasteiger partial charge is 0.370 e. The van der Waals surface area contributed by atoms with Crippen molar-refractivity contribution in [2.45, 2.75) is 57.0 Å². The molecular weight excluding hydrogens is 476 g/mol. The van der Waals surface area contributed by atoms with E-state index in [9.17, 15) is 9.59 Å². The maximum absolute atomic E-state index is 13.4. The molecule has 1 saturated carbocycles. The molecule has 38 heavy (non-hydrogen) atoms. The lowest BCUT2D eigenvalue weighted by Gasteiger charge is -2.27. The van der Waals surface area contributed by atoms with Crippen LogP contribution in [-0.4, -0.2) is 47.5 Å². The molecule has 0 bridgehead atoms. The molecule has 2 fully saturated rings. The van der Waals surface area contributed by atoms with Gasteiger partial charge >= 0.3 is 0 Å². The van der Waals surface area contributed by atoms with Gasteiger partial charge in [0.25, 0.3) is 5.91 Å². The van der Waals surface area contributed by atoms with Crippen molar-refractivity contribution in [2.75, 3.05) is 29.9 Å². The summed E-state index contributed by atoms with van der Waals surface area (Å²) in [6.07, 6.45) is 13.1. The van der Waals surface area contributed by atoms with Gasteiger partial charge in [-0.05, 0) is 73.1 Å². The van der Waals surface area contributed by atoms with Crippen LogP contribution in [0.15, 0.2) is 55.0 Å². The Morgan fingerprint density at radius 1 is 0.921 bits per heavy atom. The lowest BCUT2D eigenvalue weighted by Crippen LogP contribution is -2.38. The molecule has 4 heterocycles. The summed E-state index contributed by atoms with van der Waals surface area (Å²) in [4.78, 5) is 37.0. The van der Waals surface area contributed by atoms with Crippen molar-refractivity contribution in [1.29, 1.82) is 0 Å². The van der Waals surface area contributed by atoms with Crippen molar-refractivity contribution >= 4 is 23.2 Å². The minimum atomic E-state index is -0.473. The summed E-state index contributed by atoms with van der Waals surface area (Å²) in [5, 5.41) is 9.41. The molecule has 2 aliphatic heterocycles. The van der Waals surface area contributed by atoms with Gasteiger partial charge < -0.3 is 20.9 Å². The van der Waals surface area contributed by atoms with E-state index in [4.69, 9.17) is 0 Å². The number of fused-ring (bicyclic) bond motifs is 1. The van der Waals surface area contributed by atoms with Crippen LogP contribution in [0.4, 0.5) is 11.4 Å². The predicted molar refractivity (Wildman–Crippen MR) is 148 cm³/mol.